The Labute approximate surface area is 198 Å². The fraction of sp³-hybridized carbons (Fsp3) is 0.565. The number of fused-ring (bicyclic) bond motifs is 2. The van der Waals surface area contributed by atoms with Crippen molar-refractivity contribution in [3.8, 4) is 0 Å². The molecule has 0 aliphatic carbocycles. The van der Waals surface area contributed by atoms with Gasteiger partial charge in [0.2, 0.25) is 0 Å². The van der Waals surface area contributed by atoms with Crippen LogP contribution in [0.3, 0.4) is 0 Å². The number of nitrogens with zero attached hydrogens (tertiary/aromatic N) is 1. The molecule has 2 unspecified atom stereocenters. The highest BCUT2D eigenvalue weighted by atomic mass is 35.5. The van der Waals surface area contributed by atoms with Crippen molar-refractivity contribution < 1.29 is 19.8 Å². The van der Waals surface area contributed by atoms with Crippen LogP contribution in [0.25, 0.3) is 0 Å². The van der Waals surface area contributed by atoms with E-state index >= 15 is 0 Å². The summed E-state index contributed by atoms with van der Waals surface area (Å²) in [5.41, 5.74) is 0. The zero-order valence-corrected chi connectivity index (χ0v) is 20.3. The Bertz CT molecular complexity index is 773. The van der Waals surface area contributed by atoms with Crippen LogP contribution in [0.5, 0.6) is 0 Å². The van der Waals surface area contributed by atoms with Crippen LogP contribution in [0, 0.1) is 11.8 Å². The van der Waals surface area contributed by atoms with E-state index in [1.807, 2.05) is 23.9 Å². The molecule has 172 valence electrons. The second-order valence-corrected chi connectivity index (χ2v) is 9.99. The second-order valence-electron chi connectivity index (χ2n) is 8.14. The fourth-order valence-electron chi connectivity index (χ4n) is 4.65. The van der Waals surface area contributed by atoms with E-state index in [1.54, 1.807) is 0 Å². The predicted molar refractivity (Wildman–Crippen MR) is 127 cm³/mol. The van der Waals surface area contributed by atoms with Gasteiger partial charge in [0, 0.05) is 34.9 Å². The molecule has 2 bridgehead atoms. The van der Waals surface area contributed by atoms with Crippen molar-refractivity contribution in [3.63, 3.8) is 0 Å². The van der Waals surface area contributed by atoms with Crippen LogP contribution in [-0.4, -0.2) is 51.9 Å². The Morgan fingerprint density at radius 1 is 1.19 bits per heavy atom. The van der Waals surface area contributed by atoms with Gasteiger partial charge in [-0.3, -0.25) is 0 Å². The monoisotopic (exact) mass is 487 g/mol. The van der Waals surface area contributed by atoms with Crippen LogP contribution in [0.15, 0.2) is 35.2 Å². The maximum Gasteiger partial charge on any atom is 0.328 e. The molecule has 2 N–H and O–H groups in total. The van der Waals surface area contributed by atoms with Gasteiger partial charge in [0.05, 0.1) is 10.0 Å². The minimum Gasteiger partial charge on any atom is -0.478 e. The van der Waals surface area contributed by atoms with E-state index in [0.717, 1.165) is 39.6 Å². The van der Waals surface area contributed by atoms with Gasteiger partial charge in [-0.15, -0.1) is 11.8 Å². The number of aliphatic carboxylic acids is 2. The highest BCUT2D eigenvalue weighted by Gasteiger charge is 2.44. The predicted octanol–water partition coefficient (Wildman–Crippen LogP) is 6.09. The first kappa shape index (κ1) is 26.0. The summed E-state index contributed by atoms with van der Waals surface area (Å²) in [6.45, 7) is 2.30. The summed E-state index contributed by atoms with van der Waals surface area (Å²) in [5, 5.41) is 17.0. The number of halogens is 2. The Balaban J connectivity index is 0.000000366. The summed E-state index contributed by atoms with van der Waals surface area (Å²) in [5.74, 6) is 0.315. The van der Waals surface area contributed by atoms with Crippen LogP contribution in [0.2, 0.25) is 10.0 Å². The third-order valence-electron chi connectivity index (χ3n) is 6.21. The number of hydrogen-bond acceptors (Lipinski definition) is 4. The lowest BCUT2D eigenvalue weighted by atomic mass is 9.78. The summed E-state index contributed by atoms with van der Waals surface area (Å²) in [6.07, 6.45) is 9.34. The van der Waals surface area contributed by atoms with Crippen LogP contribution < -0.4 is 0 Å². The van der Waals surface area contributed by atoms with Gasteiger partial charge in [-0.25, -0.2) is 9.59 Å². The largest absolute Gasteiger partial charge is 0.478 e. The molecule has 2 heterocycles. The molecule has 0 aromatic heterocycles. The minimum atomic E-state index is -1.26. The van der Waals surface area contributed by atoms with E-state index in [0.29, 0.717) is 17.2 Å². The maximum absolute atomic E-state index is 9.55. The molecule has 0 saturated carbocycles. The highest BCUT2D eigenvalue weighted by molar-refractivity contribution is 7.99. The van der Waals surface area contributed by atoms with E-state index in [-0.39, 0.29) is 0 Å². The molecule has 1 aromatic carbocycles. The van der Waals surface area contributed by atoms with E-state index in [2.05, 4.69) is 24.9 Å². The lowest BCUT2D eigenvalue weighted by molar-refractivity contribution is -0.134. The van der Waals surface area contributed by atoms with E-state index in [9.17, 15) is 9.59 Å². The second kappa shape index (κ2) is 12.7. The third-order valence-corrected chi connectivity index (χ3v) is 8.35. The SMILES string of the molecule is CCCC[C@H]1CC2CCC([C@@H]1CSc1cccc(Cl)c1Cl)N2C.O=C(O)/C=C/C(=O)O. The number of unbranched alkanes of at least 4 members (excludes halogenated alkanes) is 1. The molecular weight excluding hydrogens is 457 g/mol. The van der Waals surface area contributed by atoms with Crippen LogP contribution in [0.1, 0.15) is 45.4 Å². The van der Waals surface area contributed by atoms with Gasteiger partial charge >= 0.3 is 11.9 Å². The molecule has 0 radical (unpaired) electrons. The minimum absolute atomic E-state index is 0.558. The summed E-state index contributed by atoms with van der Waals surface area (Å²) in [6, 6.07) is 7.57. The number of hydrogen-bond donors (Lipinski definition) is 2. The molecule has 3 rings (SSSR count). The molecule has 31 heavy (non-hydrogen) atoms. The molecule has 0 amide bonds. The average Bonchev–Trinajstić information content (AvgIpc) is 2.97. The lowest BCUT2D eigenvalue weighted by Gasteiger charge is -2.43. The summed E-state index contributed by atoms with van der Waals surface area (Å²) in [7, 11) is 2.34. The fourth-order valence-corrected chi connectivity index (χ4v) is 6.45. The van der Waals surface area contributed by atoms with Gasteiger partial charge in [0.15, 0.2) is 0 Å². The van der Waals surface area contributed by atoms with Crippen molar-refractivity contribution in [3.05, 3.63) is 40.4 Å². The Kier molecular flexibility index (Phi) is 10.7. The van der Waals surface area contributed by atoms with Crippen molar-refractivity contribution in [1.29, 1.82) is 0 Å². The van der Waals surface area contributed by atoms with Crippen molar-refractivity contribution >= 4 is 46.9 Å². The third kappa shape index (κ3) is 7.70. The number of piperidine rings is 1. The van der Waals surface area contributed by atoms with E-state index in [1.165, 1.54) is 38.5 Å². The molecule has 4 atom stereocenters. The van der Waals surface area contributed by atoms with Crippen LogP contribution in [-0.2, 0) is 9.59 Å². The van der Waals surface area contributed by atoms with Gasteiger partial charge in [-0.1, -0.05) is 55.5 Å². The first-order valence-electron chi connectivity index (χ1n) is 10.7. The first-order valence-corrected chi connectivity index (χ1v) is 12.4. The molecule has 2 aliphatic rings. The molecular formula is C23H31Cl2NO4S. The molecule has 2 fully saturated rings. The number of carbonyl (C=O) groups is 2. The van der Waals surface area contributed by atoms with Crippen LogP contribution in [0.4, 0.5) is 0 Å². The van der Waals surface area contributed by atoms with Gasteiger partial charge in [-0.2, -0.15) is 0 Å². The standard InChI is InChI=1S/C19H27Cl2NS.C4H4O4/c1-3-4-6-13-11-14-9-10-17(22(14)2)15(13)12-23-18-8-5-7-16(20)19(18)21;5-3(6)1-2-4(7)8/h5,7-8,13-15,17H,3-4,6,9-12H2,1-2H3;1-2H,(H,5,6)(H,7,8)/b;2-1+/t13-,14?,15+,17?;/m0./s1. The Morgan fingerprint density at radius 3 is 2.48 bits per heavy atom. The van der Waals surface area contributed by atoms with Gasteiger partial charge in [0.1, 0.15) is 0 Å². The maximum atomic E-state index is 9.55. The smallest absolute Gasteiger partial charge is 0.328 e. The van der Waals surface area contributed by atoms with Gasteiger partial charge in [0.25, 0.3) is 0 Å². The van der Waals surface area contributed by atoms with Gasteiger partial charge in [-0.05, 0) is 50.3 Å². The van der Waals surface area contributed by atoms with E-state index in [4.69, 9.17) is 33.4 Å². The number of carboxylic acids is 2. The van der Waals surface area contributed by atoms with Crippen LogP contribution >= 0.6 is 35.0 Å². The number of carboxylic acid groups (broad SMARTS) is 2. The number of benzene rings is 1. The normalized spacial score (nSPS) is 25.3. The Morgan fingerprint density at radius 2 is 1.87 bits per heavy atom. The quantitative estimate of drug-likeness (QED) is 0.341. The average molecular weight is 488 g/mol. The van der Waals surface area contributed by atoms with Crippen molar-refractivity contribution in [2.75, 3.05) is 12.8 Å². The zero-order chi connectivity index (χ0) is 23.0. The first-order chi connectivity index (χ1) is 14.7. The molecule has 8 heteroatoms. The summed E-state index contributed by atoms with van der Waals surface area (Å²) in [4.78, 5) is 22.9. The molecule has 2 aliphatic heterocycles. The van der Waals surface area contributed by atoms with E-state index < -0.39 is 11.9 Å². The number of thioether (sulfide) groups is 1. The zero-order valence-electron chi connectivity index (χ0n) is 18.0. The van der Waals surface area contributed by atoms with Gasteiger partial charge < -0.3 is 15.1 Å². The molecule has 0 spiro atoms. The summed E-state index contributed by atoms with van der Waals surface area (Å²) < 4.78 is 0. The molecule has 5 nitrogen and oxygen atoms in total. The van der Waals surface area contributed by atoms with Crippen molar-refractivity contribution in [1.82, 2.24) is 4.90 Å². The van der Waals surface area contributed by atoms with Crippen molar-refractivity contribution in [2.45, 2.75) is 62.4 Å². The highest BCUT2D eigenvalue weighted by Crippen LogP contribution is 2.46. The van der Waals surface area contributed by atoms with Crippen molar-refractivity contribution in [2.24, 2.45) is 11.8 Å². The molecule has 2 saturated heterocycles. The lowest BCUT2D eigenvalue weighted by Crippen LogP contribution is -2.47. The Hall–Kier alpha value is -1.21. The number of rotatable bonds is 8. The molecule has 1 aromatic rings. The topological polar surface area (TPSA) is 77.8 Å². The summed E-state index contributed by atoms with van der Waals surface area (Å²) >= 11 is 14.4.